The molecule has 1 rings (SSSR count). The molecule has 0 aromatic heterocycles. The van der Waals surface area contributed by atoms with Gasteiger partial charge in [-0.25, -0.2) is 0 Å². The smallest absolute Gasteiger partial charge is 0.0865 e. The summed E-state index contributed by atoms with van der Waals surface area (Å²) >= 11 is 0. The van der Waals surface area contributed by atoms with Gasteiger partial charge in [0.1, 0.15) is 0 Å². The Morgan fingerprint density at radius 2 is 2.00 bits per heavy atom. The predicted octanol–water partition coefficient (Wildman–Crippen LogP) is -0.123. The molecular weight excluding hydrogens is 140 g/mol. The third-order valence-electron chi connectivity index (χ3n) is 2.39. The number of methoxy groups -OCH3 is 1. The van der Waals surface area contributed by atoms with Gasteiger partial charge in [0.05, 0.1) is 6.10 Å². The van der Waals surface area contributed by atoms with Crippen LogP contribution >= 0.6 is 0 Å². The Hall–Kier alpha value is -0.120. The molecule has 0 aromatic carbocycles. The highest BCUT2D eigenvalue weighted by Gasteiger charge is 2.31. The fraction of sp³-hybridized carbons (Fsp3) is 1.00. The van der Waals surface area contributed by atoms with Crippen molar-refractivity contribution >= 4 is 0 Å². The van der Waals surface area contributed by atoms with Crippen molar-refractivity contribution in [1.82, 2.24) is 9.80 Å². The molecule has 0 saturated carbocycles. The quantitative estimate of drug-likeness (QED) is 0.557. The molecule has 66 valence electrons. The normalized spacial score (nSPS) is 33.5. The Labute approximate surface area is 68.9 Å². The molecule has 11 heavy (non-hydrogen) atoms. The van der Waals surface area contributed by atoms with Gasteiger partial charge in [0.2, 0.25) is 0 Å². The lowest BCUT2D eigenvalue weighted by Gasteiger charge is -2.23. The minimum Gasteiger partial charge on any atom is -0.378 e. The lowest BCUT2D eigenvalue weighted by molar-refractivity contribution is 0.0619. The van der Waals surface area contributed by atoms with Gasteiger partial charge in [0.25, 0.3) is 0 Å². The number of likely N-dealkylation sites (tertiary alicyclic amines) is 1. The molecule has 2 atom stereocenters. The predicted molar refractivity (Wildman–Crippen MR) is 45.8 cm³/mol. The molecule has 0 N–H and O–H groups in total. The van der Waals surface area contributed by atoms with Crippen LogP contribution in [0, 0.1) is 0 Å². The molecule has 1 fully saturated rings. The second-order valence-corrected chi connectivity index (χ2v) is 3.53. The van der Waals surface area contributed by atoms with Crippen molar-refractivity contribution in [1.29, 1.82) is 0 Å². The fourth-order valence-corrected chi connectivity index (χ4v) is 1.67. The number of ether oxygens (including phenoxy) is 1. The van der Waals surface area contributed by atoms with Crippen molar-refractivity contribution in [3.8, 4) is 0 Å². The number of hydrogen-bond acceptors (Lipinski definition) is 3. The molecule has 0 aliphatic carbocycles. The Morgan fingerprint density at radius 3 is 2.36 bits per heavy atom. The number of likely N-dealkylation sites (N-methyl/N-ethyl adjacent to an activating group) is 2. The molecule has 0 amide bonds. The molecule has 1 aliphatic heterocycles. The minimum atomic E-state index is 0.384. The van der Waals surface area contributed by atoms with Crippen molar-refractivity contribution in [2.24, 2.45) is 0 Å². The van der Waals surface area contributed by atoms with Crippen LogP contribution in [0.25, 0.3) is 0 Å². The lowest BCUT2D eigenvalue weighted by atomic mass is 10.2. The summed E-state index contributed by atoms with van der Waals surface area (Å²) in [5.74, 6) is 0. The van der Waals surface area contributed by atoms with E-state index in [1.165, 1.54) is 0 Å². The summed E-state index contributed by atoms with van der Waals surface area (Å²) in [6.07, 6.45) is 0.384. The second-order valence-electron chi connectivity index (χ2n) is 3.53. The molecule has 0 radical (unpaired) electrons. The van der Waals surface area contributed by atoms with E-state index in [2.05, 4.69) is 30.9 Å². The third-order valence-corrected chi connectivity index (χ3v) is 2.39. The van der Waals surface area contributed by atoms with E-state index in [0.29, 0.717) is 12.1 Å². The first kappa shape index (κ1) is 8.97. The van der Waals surface area contributed by atoms with Crippen LogP contribution in [0.15, 0.2) is 0 Å². The van der Waals surface area contributed by atoms with E-state index in [-0.39, 0.29) is 0 Å². The van der Waals surface area contributed by atoms with Crippen LogP contribution in [0.5, 0.6) is 0 Å². The first-order valence-corrected chi connectivity index (χ1v) is 4.03. The topological polar surface area (TPSA) is 15.7 Å². The van der Waals surface area contributed by atoms with Crippen LogP contribution in [-0.4, -0.2) is 63.3 Å². The van der Waals surface area contributed by atoms with Crippen molar-refractivity contribution in [3.05, 3.63) is 0 Å². The maximum absolute atomic E-state index is 5.37. The zero-order valence-corrected chi connectivity index (χ0v) is 7.87. The molecule has 1 heterocycles. The summed E-state index contributed by atoms with van der Waals surface area (Å²) in [6, 6.07) is 0.560. The van der Waals surface area contributed by atoms with Gasteiger partial charge in [-0.1, -0.05) is 0 Å². The SMILES string of the molecule is CO[C@@H]1CN(C)C[C@H]1N(C)C. The van der Waals surface area contributed by atoms with Crippen LogP contribution < -0.4 is 0 Å². The lowest BCUT2D eigenvalue weighted by Crippen LogP contribution is -2.38. The van der Waals surface area contributed by atoms with E-state index >= 15 is 0 Å². The highest BCUT2D eigenvalue weighted by molar-refractivity contribution is 4.88. The molecule has 3 nitrogen and oxygen atoms in total. The number of rotatable bonds is 2. The maximum atomic E-state index is 5.37. The van der Waals surface area contributed by atoms with Gasteiger partial charge in [-0.3, -0.25) is 0 Å². The molecule has 1 saturated heterocycles. The van der Waals surface area contributed by atoms with Crippen molar-refractivity contribution in [3.63, 3.8) is 0 Å². The Bertz CT molecular complexity index is 127. The average Bonchev–Trinajstić information content (AvgIpc) is 2.30. The molecular formula is C8H18N2O. The van der Waals surface area contributed by atoms with Gasteiger partial charge in [-0.2, -0.15) is 0 Å². The van der Waals surface area contributed by atoms with E-state index in [0.717, 1.165) is 13.1 Å². The molecule has 1 aliphatic rings. The van der Waals surface area contributed by atoms with Crippen LogP contribution in [0.3, 0.4) is 0 Å². The highest BCUT2D eigenvalue weighted by atomic mass is 16.5. The highest BCUT2D eigenvalue weighted by Crippen LogP contribution is 2.14. The summed E-state index contributed by atoms with van der Waals surface area (Å²) < 4.78 is 5.37. The van der Waals surface area contributed by atoms with Gasteiger partial charge >= 0.3 is 0 Å². The maximum Gasteiger partial charge on any atom is 0.0865 e. The summed E-state index contributed by atoms with van der Waals surface area (Å²) in [4.78, 5) is 4.54. The fourth-order valence-electron chi connectivity index (χ4n) is 1.67. The summed E-state index contributed by atoms with van der Waals surface area (Å²) in [5, 5.41) is 0. The second kappa shape index (κ2) is 3.52. The van der Waals surface area contributed by atoms with Crippen molar-refractivity contribution in [2.45, 2.75) is 12.1 Å². The molecule has 3 heteroatoms. The first-order chi connectivity index (χ1) is 5.15. The van der Waals surface area contributed by atoms with Crippen LogP contribution in [0.2, 0.25) is 0 Å². The Balaban J connectivity index is 2.50. The van der Waals surface area contributed by atoms with Gasteiger partial charge in [-0.15, -0.1) is 0 Å². The molecule has 0 aromatic rings. The van der Waals surface area contributed by atoms with E-state index in [9.17, 15) is 0 Å². The summed E-state index contributed by atoms with van der Waals surface area (Å²) in [7, 11) is 8.14. The summed E-state index contributed by atoms with van der Waals surface area (Å²) in [6.45, 7) is 2.17. The standard InChI is InChI=1S/C8H18N2O/c1-9(2)7-5-10(3)6-8(7)11-4/h7-8H,5-6H2,1-4H3/t7-,8-/m1/s1. The molecule has 0 spiro atoms. The third kappa shape index (κ3) is 1.92. The van der Waals surface area contributed by atoms with Crippen molar-refractivity contribution in [2.75, 3.05) is 41.3 Å². The van der Waals surface area contributed by atoms with Crippen LogP contribution in [-0.2, 0) is 4.74 Å². The van der Waals surface area contributed by atoms with E-state index in [1.807, 2.05) is 0 Å². The van der Waals surface area contributed by atoms with Gasteiger partial charge < -0.3 is 14.5 Å². The molecule has 0 bridgehead atoms. The molecule has 0 unspecified atom stereocenters. The minimum absolute atomic E-state index is 0.384. The average molecular weight is 158 g/mol. The van der Waals surface area contributed by atoms with E-state index in [1.54, 1.807) is 7.11 Å². The van der Waals surface area contributed by atoms with Gasteiger partial charge in [-0.05, 0) is 21.1 Å². The number of hydrogen-bond donors (Lipinski definition) is 0. The number of nitrogens with zero attached hydrogens (tertiary/aromatic N) is 2. The van der Waals surface area contributed by atoms with E-state index in [4.69, 9.17) is 4.74 Å². The largest absolute Gasteiger partial charge is 0.378 e. The monoisotopic (exact) mass is 158 g/mol. The van der Waals surface area contributed by atoms with Gasteiger partial charge in [0, 0.05) is 26.2 Å². The zero-order chi connectivity index (χ0) is 8.43. The Morgan fingerprint density at radius 1 is 1.36 bits per heavy atom. The zero-order valence-electron chi connectivity index (χ0n) is 7.87. The summed E-state index contributed by atoms with van der Waals surface area (Å²) in [5.41, 5.74) is 0. The van der Waals surface area contributed by atoms with Gasteiger partial charge in [0.15, 0.2) is 0 Å². The Kier molecular flexibility index (Phi) is 2.87. The van der Waals surface area contributed by atoms with Crippen molar-refractivity contribution < 1.29 is 4.74 Å². The van der Waals surface area contributed by atoms with Crippen LogP contribution in [0.1, 0.15) is 0 Å². The van der Waals surface area contributed by atoms with Crippen LogP contribution in [0.4, 0.5) is 0 Å². The first-order valence-electron chi connectivity index (χ1n) is 4.03. The van der Waals surface area contributed by atoms with E-state index < -0.39 is 0 Å².